The molecule has 8 nitrogen and oxygen atoms in total. The molecule has 0 spiro atoms. The van der Waals surface area contributed by atoms with Crippen LogP contribution in [0, 0.1) is 0 Å². The zero-order valence-electron chi connectivity index (χ0n) is 18.3. The Balaban J connectivity index is 1.72. The highest BCUT2D eigenvalue weighted by molar-refractivity contribution is 7.92. The van der Waals surface area contributed by atoms with Gasteiger partial charge in [0.05, 0.1) is 10.6 Å². The maximum Gasteiger partial charge on any atom is 0.264 e. The Labute approximate surface area is 197 Å². The quantitative estimate of drug-likeness (QED) is 0.392. The predicted molar refractivity (Wildman–Crippen MR) is 129 cm³/mol. The molecule has 0 bridgehead atoms. The number of para-hydroxylation sites is 1. The Morgan fingerprint density at radius 3 is 2.29 bits per heavy atom. The van der Waals surface area contributed by atoms with E-state index in [4.69, 9.17) is 4.74 Å². The van der Waals surface area contributed by atoms with Crippen LogP contribution < -0.4 is 14.8 Å². The molecule has 4 rings (SSSR count). The number of rotatable bonds is 8. The zero-order valence-corrected chi connectivity index (χ0v) is 19.1. The summed E-state index contributed by atoms with van der Waals surface area (Å²) in [5.41, 5.74) is 2.03. The van der Waals surface area contributed by atoms with Crippen molar-refractivity contribution in [3.63, 3.8) is 0 Å². The van der Waals surface area contributed by atoms with Crippen molar-refractivity contribution >= 4 is 21.9 Å². The number of nitrogens with one attached hydrogen (secondary N) is 2. The van der Waals surface area contributed by atoms with E-state index in [-0.39, 0.29) is 22.6 Å². The van der Waals surface area contributed by atoms with Gasteiger partial charge >= 0.3 is 0 Å². The number of anilines is 1. The molecule has 34 heavy (non-hydrogen) atoms. The number of carbonyl (C=O) groups excluding carboxylic acids is 1. The SMILES string of the molecule is CC(=O)NCc1cccc(-c2cc(Oc3ccccc3)nc(NS(=O)(=O)c3ccccc3)n2)c1. The highest BCUT2D eigenvalue weighted by atomic mass is 32.2. The van der Waals surface area contributed by atoms with Gasteiger partial charge in [-0.25, -0.2) is 18.1 Å². The van der Waals surface area contributed by atoms with E-state index < -0.39 is 10.0 Å². The van der Waals surface area contributed by atoms with Gasteiger partial charge in [0.2, 0.25) is 17.7 Å². The average Bonchev–Trinajstić information content (AvgIpc) is 2.84. The molecular formula is C25H22N4O4S. The fourth-order valence-electron chi connectivity index (χ4n) is 3.13. The minimum atomic E-state index is -3.91. The molecule has 2 N–H and O–H groups in total. The molecule has 3 aromatic carbocycles. The van der Waals surface area contributed by atoms with E-state index in [1.54, 1.807) is 36.4 Å². The van der Waals surface area contributed by atoms with Crippen molar-refractivity contribution in [2.75, 3.05) is 4.72 Å². The topological polar surface area (TPSA) is 110 Å². The largest absolute Gasteiger partial charge is 0.439 e. The van der Waals surface area contributed by atoms with E-state index in [0.29, 0.717) is 23.6 Å². The Kier molecular flexibility index (Phi) is 6.84. The van der Waals surface area contributed by atoms with Gasteiger partial charge in [-0.05, 0) is 35.9 Å². The lowest BCUT2D eigenvalue weighted by Crippen LogP contribution is -2.18. The van der Waals surface area contributed by atoms with Gasteiger partial charge < -0.3 is 10.1 Å². The molecule has 0 radical (unpaired) electrons. The van der Waals surface area contributed by atoms with Crippen LogP contribution in [0.3, 0.4) is 0 Å². The van der Waals surface area contributed by atoms with Gasteiger partial charge in [0.15, 0.2) is 0 Å². The lowest BCUT2D eigenvalue weighted by atomic mass is 10.1. The standard InChI is InChI=1S/C25H22N4O4S/c1-18(30)26-17-19-9-8-10-20(15-19)23-16-24(33-21-11-4-2-5-12-21)28-25(27-23)29-34(31,32)22-13-6-3-7-14-22/h2-16H,17H2,1H3,(H,26,30)(H,27,28,29). The number of aromatic nitrogens is 2. The number of nitrogens with zero attached hydrogens (tertiary/aromatic N) is 2. The summed E-state index contributed by atoms with van der Waals surface area (Å²) in [4.78, 5) is 20.1. The molecule has 0 fully saturated rings. The lowest BCUT2D eigenvalue weighted by molar-refractivity contribution is -0.119. The van der Waals surface area contributed by atoms with E-state index in [2.05, 4.69) is 20.0 Å². The number of sulfonamides is 1. The Hall–Kier alpha value is -4.24. The first-order valence-electron chi connectivity index (χ1n) is 10.4. The van der Waals surface area contributed by atoms with Gasteiger partial charge in [-0.1, -0.05) is 54.6 Å². The summed E-state index contributed by atoms with van der Waals surface area (Å²) in [6.45, 7) is 1.81. The highest BCUT2D eigenvalue weighted by Gasteiger charge is 2.17. The van der Waals surface area contributed by atoms with E-state index >= 15 is 0 Å². The number of benzene rings is 3. The Morgan fingerprint density at radius 1 is 0.882 bits per heavy atom. The van der Waals surface area contributed by atoms with Crippen molar-refractivity contribution in [3.8, 4) is 22.9 Å². The van der Waals surface area contributed by atoms with Crippen LogP contribution in [-0.2, 0) is 21.4 Å². The highest BCUT2D eigenvalue weighted by Crippen LogP contribution is 2.27. The number of amides is 1. The third-order valence-corrected chi connectivity index (χ3v) is 6.06. The van der Waals surface area contributed by atoms with Gasteiger partial charge in [-0.15, -0.1) is 0 Å². The first-order valence-corrected chi connectivity index (χ1v) is 11.9. The summed E-state index contributed by atoms with van der Waals surface area (Å²) in [5, 5.41) is 2.76. The van der Waals surface area contributed by atoms with Crippen LogP contribution in [0.5, 0.6) is 11.6 Å². The van der Waals surface area contributed by atoms with Crippen LogP contribution in [0.4, 0.5) is 5.95 Å². The van der Waals surface area contributed by atoms with Crippen LogP contribution in [0.2, 0.25) is 0 Å². The summed E-state index contributed by atoms with van der Waals surface area (Å²) >= 11 is 0. The van der Waals surface area contributed by atoms with Crippen LogP contribution in [-0.4, -0.2) is 24.3 Å². The van der Waals surface area contributed by atoms with Gasteiger partial charge in [0.25, 0.3) is 10.0 Å². The van der Waals surface area contributed by atoms with Crippen molar-refractivity contribution in [2.45, 2.75) is 18.4 Å². The second-order valence-electron chi connectivity index (χ2n) is 7.36. The van der Waals surface area contributed by atoms with Crippen molar-refractivity contribution < 1.29 is 17.9 Å². The second kappa shape index (κ2) is 10.1. The zero-order chi connectivity index (χ0) is 24.0. The molecule has 0 atom stereocenters. The first-order chi connectivity index (χ1) is 16.4. The molecule has 4 aromatic rings. The number of carbonyl (C=O) groups is 1. The maximum absolute atomic E-state index is 12.9. The van der Waals surface area contributed by atoms with Crippen molar-refractivity contribution in [3.05, 3.63) is 96.6 Å². The number of hydrogen-bond acceptors (Lipinski definition) is 6. The minimum absolute atomic E-state index is 0.0897. The molecule has 0 unspecified atom stereocenters. The summed E-state index contributed by atoms with van der Waals surface area (Å²) in [6.07, 6.45) is 0. The fraction of sp³-hybridized carbons (Fsp3) is 0.0800. The molecule has 0 saturated carbocycles. The molecule has 1 amide bonds. The predicted octanol–water partition coefficient (Wildman–Crippen LogP) is 4.37. The second-order valence-corrected chi connectivity index (χ2v) is 9.04. The first kappa shape index (κ1) is 22.9. The minimum Gasteiger partial charge on any atom is -0.439 e. The molecule has 0 aliphatic carbocycles. The third kappa shape index (κ3) is 5.96. The summed E-state index contributed by atoms with van der Waals surface area (Å²) < 4.78 is 34.0. The molecule has 1 heterocycles. The number of hydrogen-bond donors (Lipinski definition) is 2. The molecule has 0 aliphatic rings. The normalized spacial score (nSPS) is 11.0. The molecular weight excluding hydrogens is 452 g/mol. The van der Waals surface area contributed by atoms with Crippen LogP contribution >= 0.6 is 0 Å². The average molecular weight is 475 g/mol. The van der Waals surface area contributed by atoms with Crippen LogP contribution in [0.1, 0.15) is 12.5 Å². The summed E-state index contributed by atoms with van der Waals surface area (Å²) in [7, 11) is -3.91. The van der Waals surface area contributed by atoms with Gasteiger partial charge in [0.1, 0.15) is 5.75 Å². The van der Waals surface area contributed by atoms with E-state index in [9.17, 15) is 13.2 Å². The van der Waals surface area contributed by atoms with Crippen LogP contribution in [0.25, 0.3) is 11.3 Å². The van der Waals surface area contributed by atoms with Crippen LogP contribution in [0.15, 0.2) is 95.9 Å². The van der Waals surface area contributed by atoms with Gasteiger partial charge in [0, 0.05) is 25.1 Å². The fourth-order valence-corrected chi connectivity index (χ4v) is 4.09. The van der Waals surface area contributed by atoms with Crippen molar-refractivity contribution in [2.24, 2.45) is 0 Å². The van der Waals surface area contributed by atoms with E-state index in [1.165, 1.54) is 19.1 Å². The third-order valence-electron chi connectivity index (χ3n) is 4.71. The molecule has 0 aliphatic heterocycles. The number of ether oxygens (including phenoxy) is 1. The summed E-state index contributed by atoms with van der Waals surface area (Å²) in [5.74, 6) is 0.459. The lowest BCUT2D eigenvalue weighted by Gasteiger charge is -2.12. The molecule has 1 aromatic heterocycles. The molecule has 9 heteroatoms. The van der Waals surface area contributed by atoms with Crippen molar-refractivity contribution in [1.82, 2.24) is 15.3 Å². The smallest absolute Gasteiger partial charge is 0.264 e. The monoisotopic (exact) mass is 474 g/mol. The van der Waals surface area contributed by atoms with Gasteiger partial charge in [-0.3, -0.25) is 4.79 Å². The van der Waals surface area contributed by atoms with E-state index in [1.807, 2.05) is 42.5 Å². The molecule has 0 saturated heterocycles. The van der Waals surface area contributed by atoms with E-state index in [0.717, 1.165) is 5.56 Å². The molecule has 172 valence electrons. The maximum atomic E-state index is 12.9. The summed E-state index contributed by atoms with van der Waals surface area (Å²) in [6, 6.07) is 26.0. The Bertz CT molecular complexity index is 1400. The van der Waals surface area contributed by atoms with Crippen molar-refractivity contribution in [1.29, 1.82) is 0 Å². The van der Waals surface area contributed by atoms with Gasteiger partial charge in [-0.2, -0.15) is 4.98 Å². The Morgan fingerprint density at radius 2 is 1.59 bits per heavy atom.